The maximum Gasteiger partial charge on any atom is 0.316 e. The second-order valence-electron chi connectivity index (χ2n) is 6.11. The van der Waals surface area contributed by atoms with Crippen LogP contribution in [0.2, 0.25) is 0 Å². The first-order chi connectivity index (χ1) is 13.5. The molecule has 1 N–H and O–H groups in total. The van der Waals surface area contributed by atoms with Crippen molar-refractivity contribution in [2.24, 2.45) is 0 Å². The average Bonchev–Trinajstić information content (AvgIpc) is 3.12. The molecule has 1 heterocycles. The van der Waals surface area contributed by atoms with Gasteiger partial charge in [-0.1, -0.05) is 30.3 Å². The highest BCUT2D eigenvalue weighted by Gasteiger charge is 2.24. The van der Waals surface area contributed by atoms with E-state index in [9.17, 15) is 18.8 Å². The number of para-hydroxylation sites is 2. The van der Waals surface area contributed by atoms with E-state index in [1.165, 1.54) is 18.2 Å². The second kappa shape index (κ2) is 9.36. The van der Waals surface area contributed by atoms with Gasteiger partial charge in [-0.05, 0) is 30.2 Å². The average molecular weight is 402 g/mol. The molecule has 0 radical (unpaired) electrons. The molecule has 2 aromatic carbocycles. The number of thioether (sulfide) groups is 1. The Balaban J connectivity index is 1.36. The fourth-order valence-electron chi connectivity index (χ4n) is 2.84. The SMILES string of the molecule is O=C(CSCC(=O)OCC(=O)N1CCc2ccccc21)Nc1ccccc1F. The van der Waals surface area contributed by atoms with E-state index < -0.39 is 17.7 Å². The number of anilines is 2. The van der Waals surface area contributed by atoms with Crippen LogP contribution in [0, 0.1) is 5.82 Å². The molecule has 0 aliphatic carbocycles. The predicted molar refractivity (Wildman–Crippen MR) is 106 cm³/mol. The highest BCUT2D eigenvalue weighted by molar-refractivity contribution is 8.00. The first-order valence-corrected chi connectivity index (χ1v) is 9.86. The van der Waals surface area contributed by atoms with Crippen LogP contribution in [-0.4, -0.2) is 42.4 Å². The minimum Gasteiger partial charge on any atom is -0.455 e. The Morgan fingerprint density at radius 3 is 2.64 bits per heavy atom. The topological polar surface area (TPSA) is 75.7 Å². The fourth-order valence-corrected chi connectivity index (χ4v) is 3.44. The molecule has 0 aromatic heterocycles. The van der Waals surface area contributed by atoms with Gasteiger partial charge < -0.3 is 15.0 Å². The fraction of sp³-hybridized carbons (Fsp3) is 0.250. The Kier molecular flexibility index (Phi) is 6.65. The van der Waals surface area contributed by atoms with E-state index >= 15 is 0 Å². The van der Waals surface area contributed by atoms with E-state index in [0.717, 1.165) is 29.4 Å². The Labute approximate surface area is 166 Å². The zero-order valence-corrected chi connectivity index (χ0v) is 15.8. The van der Waals surface area contributed by atoms with Crippen molar-refractivity contribution in [3.63, 3.8) is 0 Å². The lowest BCUT2D eigenvalue weighted by Crippen LogP contribution is -2.33. The van der Waals surface area contributed by atoms with Gasteiger partial charge in [0.25, 0.3) is 5.91 Å². The summed E-state index contributed by atoms with van der Waals surface area (Å²) in [4.78, 5) is 37.5. The highest BCUT2D eigenvalue weighted by atomic mass is 32.2. The van der Waals surface area contributed by atoms with Crippen molar-refractivity contribution in [2.45, 2.75) is 6.42 Å². The third kappa shape index (κ3) is 5.10. The van der Waals surface area contributed by atoms with Gasteiger partial charge in [-0.2, -0.15) is 0 Å². The molecule has 28 heavy (non-hydrogen) atoms. The number of carbonyl (C=O) groups is 3. The molecule has 146 valence electrons. The molecule has 0 bridgehead atoms. The molecule has 0 unspecified atom stereocenters. The summed E-state index contributed by atoms with van der Waals surface area (Å²) in [6.07, 6.45) is 0.781. The molecule has 0 spiro atoms. The van der Waals surface area contributed by atoms with Crippen molar-refractivity contribution in [2.75, 3.05) is 34.9 Å². The zero-order chi connectivity index (χ0) is 19.9. The molecule has 1 aliphatic heterocycles. The number of esters is 1. The number of halogens is 1. The Morgan fingerprint density at radius 2 is 1.82 bits per heavy atom. The molecular weight excluding hydrogens is 383 g/mol. The van der Waals surface area contributed by atoms with Crippen LogP contribution < -0.4 is 10.2 Å². The van der Waals surface area contributed by atoms with Gasteiger partial charge >= 0.3 is 5.97 Å². The third-order valence-corrected chi connectivity index (χ3v) is 5.05. The zero-order valence-electron chi connectivity index (χ0n) is 15.0. The highest BCUT2D eigenvalue weighted by Crippen LogP contribution is 2.27. The van der Waals surface area contributed by atoms with Gasteiger partial charge in [0.15, 0.2) is 6.61 Å². The first kappa shape index (κ1) is 19.9. The summed E-state index contributed by atoms with van der Waals surface area (Å²) in [5.41, 5.74) is 2.04. The molecule has 8 heteroatoms. The number of amides is 2. The summed E-state index contributed by atoms with van der Waals surface area (Å²) in [5, 5.41) is 2.43. The third-order valence-electron chi connectivity index (χ3n) is 4.15. The van der Waals surface area contributed by atoms with Gasteiger partial charge in [-0.25, -0.2) is 4.39 Å². The standard InChI is InChI=1S/C20H19FN2O4S/c21-15-6-2-3-7-16(15)22-18(24)12-28-13-20(26)27-11-19(25)23-10-9-14-5-1-4-8-17(14)23/h1-8H,9-13H2,(H,22,24). The van der Waals surface area contributed by atoms with Gasteiger partial charge in [0.1, 0.15) is 5.82 Å². The number of hydrogen-bond acceptors (Lipinski definition) is 5. The second-order valence-corrected chi connectivity index (χ2v) is 7.09. The Hall–Kier alpha value is -2.87. The van der Waals surface area contributed by atoms with Crippen LogP contribution in [-0.2, 0) is 25.5 Å². The lowest BCUT2D eigenvalue weighted by Gasteiger charge is -2.17. The number of nitrogens with one attached hydrogen (secondary N) is 1. The van der Waals surface area contributed by atoms with E-state index in [-0.39, 0.29) is 29.7 Å². The quantitative estimate of drug-likeness (QED) is 0.721. The Morgan fingerprint density at radius 1 is 1.07 bits per heavy atom. The minimum absolute atomic E-state index is 0.0309. The summed E-state index contributed by atoms with van der Waals surface area (Å²) in [6.45, 7) is 0.232. The van der Waals surface area contributed by atoms with Crippen molar-refractivity contribution in [1.29, 1.82) is 0 Å². The van der Waals surface area contributed by atoms with Crippen molar-refractivity contribution in [1.82, 2.24) is 0 Å². The largest absolute Gasteiger partial charge is 0.455 e. The molecule has 2 amide bonds. The van der Waals surface area contributed by atoms with Crippen LogP contribution in [0.4, 0.5) is 15.8 Å². The van der Waals surface area contributed by atoms with Crippen molar-refractivity contribution in [3.8, 4) is 0 Å². The van der Waals surface area contributed by atoms with Crippen LogP contribution in [0.5, 0.6) is 0 Å². The van der Waals surface area contributed by atoms with Crippen LogP contribution in [0.1, 0.15) is 5.56 Å². The van der Waals surface area contributed by atoms with Gasteiger partial charge in [0, 0.05) is 12.2 Å². The summed E-state index contributed by atoms with van der Waals surface area (Å²) in [6, 6.07) is 13.5. The number of rotatable bonds is 7. The van der Waals surface area contributed by atoms with Crippen LogP contribution in [0.15, 0.2) is 48.5 Å². The maximum atomic E-state index is 13.5. The minimum atomic E-state index is -0.579. The van der Waals surface area contributed by atoms with Gasteiger partial charge in [0.05, 0.1) is 17.2 Å². The summed E-state index contributed by atoms with van der Waals surface area (Å²) < 4.78 is 18.5. The Bertz CT molecular complexity index is 890. The smallest absolute Gasteiger partial charge is 0.316 e. The molecule has 1 aliphatic rings. The molecule has 0 fully saturated rings. The number of nitrogens with zero attached hydrogens (tertiary/aromatic N) is 1. The molecule has 3 rings (SSSR count). The number of ether oxygens (including phenoxy) is 1. The number of carbonyl (C=O) groups excluding carboxylic acids is 3. The van der Waals surface area contributed by atoms with E-state index in [4.69, 9.17) is 4.74 Å². The molecular formula is C20H19FN2O4S. The van der Waals surface area contributed by atoms with Crippen LogP contribution in [0.3, 0.4) is 0 Å². The molecule has 0 saturated heterocycles. The normalized spacial score (nSPS) is 12.4. The van der Waals surface area contributed by atoms with Gasteiger partial charge in [-0.3, -0.25) is 14.4 Å². The van der Waals surface area contributed by atoms with Gasteiger partial charge in [0.2, 0.25) is 5.91 Å². The van der Waals surface area contributed by atoms with Crippen molar-refractivity contribution >= 4 is 40.9 Å². The summed E-state index contributed by atoms with van der Waals surface area (Å²) in [5.74, 6) is -1.91. The number of benzene rings is 2. The van der Waals surface area contributed by atoms with E-state index in [1.807, 2.05) is 24.3 Å². The molecule has 6 nitrogen and oxygen atoms in total. The molecule has 2 aromatic rings. The lowest BCUT2D eigenvalue weighted by molar-refractivity contribution is -0.145. The molecule has 0 atom stereocenters. The number of hydrogen-bond donors (Lipinski definition) is 1. The van der Waals surface area contributed by atoms with E-state index in [0.29, 0.717) is 6.54 Å². The van der Waals surface area contributed by atoms with Crippen molar-refractivity contribution in [3.05, 3.63) is 59.9 Å². The summed E-state index contributed by atoms with van der Waals surface area (Å²) in [7, 11) is 0. The van der Waals surface area contributed by atoms with Gasteiger partial charge in [-0.15, -0.1) is 11.8 Å². The first-order valence-electron chi connectivity index (χ1n) is 8.70. The van der Waals surface area contributed by atoms with E-state index in [2.05, 4.69) is 5.32 Å². The lowest BCUT2D eigenvalue weighted by atomic mass is 10.2. The molecule has 0 saturated carbocycles. The summed E-state index contributed by atoms with van der Waals surface area (Å²) >= 11 is 1.03. The monoisotopic (exact) mass is 402 g/mol. The number of fused-ring (bicyclic) bond motifs is 1. The predicted octanol–water partition coefficient (Wildman–Crippen LogP) is 2.63. The van der Waals surface area contributed by atoms with Crippen LogP contribution in [0.25, 0.3) is 0 Å². The van der Waals surface area contributed by atoms with Crippen molar-refractivity contribution < 1.29 is 23.5 Å². The van der Waals surface area contributed by atoms with Crippen LogP contribution >= 0.6 is 11.8 Å². The van der Waals surface area contributed by atoms with E-state index in [1.54, 1.807) is 11.0 Å². The maximum absolute atomic E-state index is 13.5.